The van der Waals surface area contributed by atoms with Crippen molar-refractivity contribution in [3.05, 3.63) is 35.9 Å². The maximum atomic E-state index is 12.1. The lowest BCUT2D eigenvalue weighted by Gasteiger charge is -2.34. The van der Waals surface area contributed by atoms with Gasteiger partial charge in [0.25, 0.3) is 0 Å². The second kappa shape index (κ2) is 9.27. The summed E-state index contributed by atoms with van der Waals surface area (Å²) in [6, 6.07) is 9.81. The first-order chi connectivity index (χ1) is 11.2. The number of amides is 2. The quantitative estimate of drug-likeness (QED) is 0.794. The largest absolute Gasteiger partial charge is 0.367 e. The van der Waals surface area contributed by atoms with E-state index in [1.807, 2.05) is 37.3 Å². The van der Waals surface area contributed by atoms with E-state index in [0.29, 0.717) is 32.8 Å². The third kappa shape index (κ3) is 6.00. The van der Waals surface area contributed by atoms with Gasteiger partial charge in [-0.05, 0) is 12.5 Å². The van der Waals surface area contributed by atoms with E-state index >= 15 is 0 Å². The molecule has 1 aromatic carbocycles. The van der Waals surface area contributed by atoms with Gasteiger partial charge in [-0.2, -0.15) is 0 Å². The van der Waals surface area contributed by atoms with Gasteiger partial charge in [-0.15, -0.1) is 0 Å². The number of hydrogen-bond donors (Lipinski definition) is 1. The molecule has 6 heteroatoms. The molecule has 1 N–H and O–H groups in total. The van der Waals surface area contributed by atoms with Crippen molar-refractivity contribution in [1.29, 1.82) is 0 Å². The summed E-state index contributed by atoms with van der Waals surface area (Å²) in [5.41, 5.74) is 1.06. The minimum absolute atomic E-state index is 0.0126. The molecule has 1 aliphatic heterocycles. The molecule has 0 saturated carbocycles. The molecule has 23 heavy (non-hydrogen) atoms. The summed E-state index contributed by atoms with van der Waals surface area (Å²) in [7, 11) is 0. The fourth-order valence-corrected chi connectivity index (χ4v) is 2.53. The van der Waals surface area contributed by atoms with Gasteiger partial charge in [0.1, 0.15) is 6.61 Å². The van der Waals surface area contributed by atoms with Gasteiger partial charge in [-0.3, -0.25) is 14.5 Å². The molecule has 0 aliphatic carbocycles. The second-order valence-corrected chi connectivity index (χ2v) is 5.59. The number of rotatable bonds is 7. The minimum Gasteiger partial charge on any atom is -0.367 e. The van der Waals surface area contributed by atoms with Crippen molar-refractivity contribution in [3.63, 3.8) is 0 Å². The average Bonchev–Trinajstić information content (AvgIpc) is 2.56. The van der Waals surface area contributed by atoms with Gasteiger partial charge < -0.3 is 15.0 Å². The molecule has 2 amide bonds. The van der Waals surface area contributed by atoms with E-state index in [9.17, 15) is 9.59 Å². The average molecular weight is 319 g/mol. The molecule has 126 valence electrons. The predicted octanol–water partition coefficient (Wildman–Crippen LogP) is 0.484. The number of piperazine rings is 1. The van der Waals surface area contributed by atoms with Crippen LogP contribution >= 0.6 is 0 Å². The van der Waals surface area contributed by atoms with E-state index < -0.39 is 0 Å². The Balaban J connectivity index is 1.64. The molecule has 0 spiro atoms. The van der Waals surface area contributed by atoms with Gasteiger partial charge in [0.15, 0.2) is 0 Å². The van der Waals surface area contributed by atoms with Crippen LogP contribution in [-0.4, -0.2) is 67.5 Å². The van der Waals surface area contributed by atoms with Crippen LogP contribution in [0.1, 0.15) is 12.5 Å². The molecule has 1 fully saturated rings. The molecule has 0 unspecified atom stereocenters. The summed E-state index contributed by atoms with van der Waals surface area (Å²) < 4.78 is 5.49. The zero-order valence-corrected chi connectivity index (χ0v) is 13.7. The fraction of sp³-hybridized carbons (Fsp3) is 0.529. The third-order valence-electron chi connectivity index (χ3n) is 3.80. The monoisotopic (exact) mass is 319 g/mol. The van der Waals surface area contributed by atoms with Crippen molar-refractivity contribution in [2.24, 2.45) is 0 Å². The SMILES string of the molecule is CCNC(=O)CN1CCN(C(=O)COCc2ccccc2)CC1. The van der Waals surface area contributed by atoms with Crippen LogP contribution < -0.4 is 5.32 Å². The normalized spacial score (nSPS) is 15.4. The first-order valence-corrected chi connectivity index (χ1v) is 8.07. The van der Waals surface area contributed by atoms with Crippen LogP contribution in [0.25, 0.3) is 0 Å². The number of ether oxygens (including phenoxy) is 1. The number of nitrogens with zero attached hydrogens (tertiary/aromatic N) is 2. The Morgan fingerprint density at radius 3 is 2.48 bits per heavy atom. The van der Waals surface area contributed by atoms with E-state index in [2.05, 4.69) is 10.2 Å². The van der Waals surface area contributed by atoms with E-state index in [1.54, 1.807) is 4.90 Å². The summed E-state index contributed by atoms with van der Waals surface area (Å²) in [6.45, 7) is 6.25. The maximum Gasteiger partial charge on any atom is 0.248 e. The summed E-state index contributed by atoms with van der Waals surface area (Å²) >= 11 is 0. The molecular weight excluding hydrogens is 294 g/mol. The molecule has 1 saturated heterocycles. The Kier molecular flexibility index (Phi) is 7.03. The highest BCUT2D eigenvalue weighted by Crippen LogP contribution is 2.04. The summed E-state index contributed by atoms with van der Waals surface area (Å²) in [4.78, 5) is 27.5. The van der Waals surface area contributed by atoms with Crippen LogP contribution in [0.3, 0.4) is 0 Å². The summed E-state index contributed by atoms with van der Waals surface area (Å²) in [5, 5.41) is 2.79. The van der Waals surface area contributed by atoms with Crippen LogP contribution in [0, 0.1) is 0 Å². The number of hydrogen-bond acceptors (Lipinski definition) is 4. The lowest BCUT2D eigenvalue weighted by atomic mass is 10.2. The third-order valence-corrected chi connectivity index (χ3v) is 3.80. The Morgan fingerprint density at radius 2 is 1.83 bits per heavy atom. The number of benzene rings is 1. The van der Waals surface area contributed by atoms with E-state index in [-0.39, 0.29) is 18.4 Å². The Labute approximate surface area is 137 Å². The molecule has 0 bridgehead atoms. The highest BCUT2D eigenvalue weighted by Gasteiger charge is 2.22. The summed E-state index contributed by atoms with van der Waals surface area (Å²) in [5.74, 6) is 0.0528. The van der Waals surface area contributed by atoms with E-state index in [0.717, 1.165) is 18.7 Å². The molecule has 1 heterocycles. The highest BCUT2D eigenvalue weighted by atomic mass is 16.5. The standard InChI is InChI=1S/C17H25N3O3/c1-2-18-16(21)12-19-8-10-20(11-9-19)17(22)14-23-13-15-6-4-3-5-7-15/h3-7H,2,8-14H2,1H3,(H,18,21). The van der Waals surface area contributed by atoms with E-state index in [1.165, 1.54) is 0 Å². The van der Waals surface area contributed by atoms with Crippen LogP contribution in [0.15, 0.2) is 30.3 Å². The van der Waals surface area contributed by atoms with Crippen LogP contribution in [0.2, 0.25) is 0 Å². The Hall–Kier alpha value is -1.92. The predicted molar refractivity (Wildman–Crippen MR) is 87.8 cm³/mol. The van der Waals surface area contributed by atoms with Crippen molar-refractivity contribution < 1.29 is 14.3 Å². The lowest BCUT2D eigenvalue weighted by molar-refractivity contribution is -0.138. The zero-order valence-electron chi connectivity index (χ0n) is 13.7. The van der Waals surface area contributed by atoms with Crippen LogP contribution in [0.5, 0.6) is 0 Å². The van der Waals surface area contributed by atoms with Gasteiger partial charge in [-0.25, -0.2) is 0 Å². The lowest BCUT2D eigenvalue weighted by Crippen LogP contribution is -2.51. The zero-order chi connectivity index (χ0) is 16.5. The van der Waals surface area contributed by atoms with Gasteiger partial charge in [0.2, 0.25) is 11.8 Å². The first kappa shape index (κ1) is 17.4. The van der Waals surface area contributed by atoms with Gasteiger partial charge in [0, 0.05) is 32.7 Å². The van der Waals surface area contributed by atoms with Crippen molar-refractivity contribution >= 4 is 11.8 Å². The number of likely N-dealkylation sites (N-methyl/N-ethyl adjacent to an activating group) is 1. The van der Waals surface area contributed by atoms with Gasteiger partial charge in [0.05, 0.1) is 13.2 Å². The van der Waals surface area contributed by atoms with Crippen molar-refractivity contribution in [1.82, 2.24) is 15.1 Å². The topological polar surface area (TPSA) is 61.9 Å². The molecular formula is C17H25N3O3. The van der Waals surface area contributed by atoms with Crippen molar-refractivity contribution in [2.45, 2.75) is 13.5 Å². The molecule has 1 aromatic rings. The van der Waals surface area contributed by atoms with Gasteiger partial charge in [-0.1, -0.05) is 30.3 Å². The Morgan fingerprint density at radius 1 is 1.13 bits per heavy atom. The maximum absolute atomic E-state index is 12.1. The molecule has 0 aromatic heterocycles. The number of carbonyl (C=O) groups excluding carboxylic acids is 2. The number of carbonyl (C=O) groups is 2. The smallest absolute Gasteiger partial charge is 0.248 e. The fourth-order valence-electron chi connectivity index (χ4n) is 2.53. The molecule has 2 rings (SSSR count). The van der Waals surface area contributed by atoms with Crippen molar-refractivity contribution in [3.8, 4) is 0 Å². The summed E-state index contributed by atoms with van der Waals surface area (Å²) in [6.07, 6.45) is 0. The Bertz CT molecular complexity index is 499. The second-order valence-electron chi connectivity index (χ2n) is 5.59. The molecule has 6 nitrogen and oxygen atoms in total. The molecule has 0 atom stereocenters. The first-order valence-electron chi connectivity index (χ1n) is 8.07. The van der Waals surface area contributed by atoms with Crippen LogP contribution in [-0.2, 0) is 20.9 Å². The van der Waals surface area contributed by atoms with Crippen molar-refractivity contribution in [2.75, 3.05) is 45.9 Å². The highest BCUT2D eigenvalue weighted by molar-refractivity contribution is 5.78. The number of nitrogens with one attached hydrogen (secondary N) is 1. The molecule has 0 radical (unpaired) electrons. The minimum atomic E-state index is 0.0126. The van der Waals surface area contributed by atoms with E-state index in [4.69, 9.17) is 4.74 Å². The van der Waals surface area contributed by atoms with Crippen LogP contribution in [0.4, 0.5) is 0 Å². The molecule has 1 aliphatic rings. The van der Waals surface area contributed by atoms with Gasteiger partial charge >= 0.3 is 0 Å².